The average Bonchev–Trinajstić information content (AvgIpc) is 2.75. The lowest BCUT2D eigenvalue weighted by Crippen LogP contribution is -2.29. The van der Waals surface area contributed by atoms with Crippen LogP contribution in [0.4, 0.5) is 0 Å². The van der Waals surface area contributed by atoms with Gasteiger partial charge >= 0.3 is 0 Å². The molecule has 8 nitrogen and oxygen atoms in total. The van der Waals surface area contributed by atoms with E-state index in [1.165, 1.54) is 6.92 Å². The Bertz CT molecular complexity index is 1240. The van der Waals surface area contributed by atoms with E-state index in [-0.39, 0.29) is 44.9 Å². The molecular formula is C26H30O8. The summed E-state index contributed by atoms with van der Waals surface area (Å²) < 4.78 is 5.96. The van der Waals surface area contributed by atoms with Crippen LogP contribution in [0, 0.1) is 12.8 Å². The summed E-state index contributed by atoms with van der Waals surface area (Å²) >= 11 is 0. The first kappa shape index (κ1) is 25.0. The van der Waals surface area contributed by atoms with Crippen molar-refractivity contribution in [2.24, 2.45) is 5.92 Å². The summed E-state index contributed by atoms with van der Waals surface area (Å²) in [5.41, 5.74) is -1.47. The van der Waals surface area contributed by atoms with Crippen molar-refractivity contribution in [1.29, 1.82) is 0 Å². The predicted molar refractivity (Wildman–Crippen MR) is 126 cm³/mol. The van der Waals surface area contributed by atoms with E-state index in [2.05, 4.69) is 0 Å². The zero-order chi connectivity index (χ0) is 25.7. The van der Waals surface area contributed by atoms with Gasteiger partial charge in [0.2, 0.25) is 0 Å². The third-order valence-corrected chi connectivity index (χ3v) is 6.32. The summed E-state index contributed by atoms with van der Waals surface area (Å²) in [6.45, 7) is 9.59. The van der Waals surface area contributed by atoms with E-state index in [1.54, 1.807) is 32.9 Å². The second-order valence-corrected chi connectivity index (χ2v) is 9.26. The van der Waals surface area contributed by atoms with Gasteiger partial charge in [0.05, 0.1) is 5.56 Å². The number of hydrogen-bond donors (Lipinski definition) is 5. The van der Waals surface area contributed by atoms with Crippen LogP contribution in [0.15, 0.2) is 6.08 Å². The number of hydrogen-bond acceptors (Lipinski definition) is 8. The van der Waals surface area contributed by atoms with E-state index < -0.39 is 52.5 Å². The fourth-order valence-electron chi connectivity index (χ4n) is 4.02. The molecule has 0 saturated heterocycles. The van der Waals surface area contributed by atoms with Crippen LogP contribution in [0.2, 0.25) is 0 Å². The van der Waals surface area contributed by atoms with Crippen LogP contribution in [-0.4, -0.2) is 42.7 Å². The number of phenolic OH excluding ortho intramolecular Hbond substituents is 5. The number of carbonyl (C=O) groups is 2. The smallest absolute Gasteiger partial charge is 0.173 e. The number of aromatic hydroxyl groups is 5. The fraction of sp³-hybridized carbons (Fsp3) is 0.385. The summed E-state index contributed by atoms with van der Waals surface area (Å²) in [4.78, 5) is 25.3. The van der Waals surface area contributed by atoms with E-state index in [4.69, 9.17) is 4.74 Å². The summed E-state index contributed by atoms with van der Waals surface area (Å²) in [5.74, 6) is -4.09. The molecule has 0 radical (unpaired) electrons. The van der Waals surface area contributed by atoms with Gasteiger partial charge in [-0.2, -0.15) is 0 Å². The van der Waals surface area contributed by atoms with Gasteiger partial charge in [-0.3, -0.25) is 9.59 Å². The van der Waals surface area contributed by atoms with Crippen molar-refractivity contribution in [2.45, 2.75) is 60.0 Å². The Morgan fingerprint density at radius 3 is 2.06 bits per heavy atom. The number of carbonyl (C=O) groups excluding carboxylic acids is 2. The first-order chi connectivity index (χ1) is 15.7. The van der Waals surface area contributed by atoms with Gasteiger partial charge < -0.3 is 30.3 Å². The van der Waals surface area contributed by atoms with Crippen LogP contribution in [0.1, 0.15) is 84.0 Å². The Hall–Kier alpha value is -3.68. The molecular weight excluding hydrogens is 440 g/mol. The summed E-state index contributed by atoms with van der Waals surface area (Å²) in [7, 11) is 0. The van der Waals surface area contributed by atoms with Gasteiger partial charge in [-0.1, -0.05) is 13.8 Å². The number of fused-ring (bicyclic) bond motifs is 1. The fourth-order valence-corrected chi connectivity index (χ4v) is 4.02. The average molecular weight is 471 g/mol. The van der Waals surface area contributed by atoms with Crippen LogP contribution in [-0.2, 0) is 6.42 Å². The Morgan fingerprint density at radius 2 is 1.50 bits per heavy atom. The lowest BCUT2D eigenvalue weighted by molar-refractivity contribution is 0.0909. The Morgan fingerprint density at radius 1 is 0.941 bits per heavy atom. The lowest BCUT2D eigenvalue weighted by Gasteiger charge is -2.31. The van der Waals surface area contributed by atoms with Crippen molar-refractivity contribution in [1.82, 2.24) is 0 Å². The summed E-state index contributed by atoms with van der Waals surface area (Å²) in [6.07, 6.45) is 3.36. The molecule has 1 atom stereocenters. The van der Waals surface area contributed by atoms with Gasteiger partial charge in [-0.05, 0) is 46.3 Å². The van der Waals surface area contributed by atoms with E-state index in [1.807, 2.05) is 6.92 Å². The maximum atomic E-state index is 13.2. The van der Waals surface area contributed by atoms with Crippen LogP contribution in [0.25, 0.3) is 6.08 Å². The highest BCUT2D eigenvalue weighted by Gasteiger charge is 2.35. The van der Waals surface area contributed by atoms with Crippen molar-refractivity contribution >= 4 is 17.6 Å². The van der Waals surface area contributed by atoms with E-state index >= 15 is 0 Å². The molecule has 34 heavy (non-hydrogen) atoms. The number of ketones is 2. The lowest BCUT2D eigenvalue weighted by atomic mass is 9.86. The largest absolute Gasteiger partial charge is 0.507 e. The summed E-state index contributed by atoms with van der Waals surface area (Å²) in [5, 5.41) is 53.8. The van der Waals surface area contributed by atoms with Gasteiger partial charge in [0.1, 0.15) is 51.2 Å². The molecule has 0 aromatic heterocycles. The quantitative estimate of drug-likeness (QED) is 0.381. The van der Waals surface area contributed by atoms with Crippen LogP contribution < -0.4 is 4.74 Å². The molecule has 182 valence electrons. The van der Waals surface area contributed by atoms with Gasteiger partial charge in [0.25, 0.3) is 0 Å². The predicted octanol–water partition coefficient (Wildman–Crippen LogP) is 4.73. The highest BCUT2D eigenvalue weighted by molar-refractivity contribution is 6.05. The number of benzene rings is 2. The third kappa shape index (κ3) is 3.93. The normalized spacial score (nSPS) is 14.9. The number of Topliss-reactive ketones (excluding diaryl/α,β-unsaturated/α-hetero) is 2. The highest BCUT2D eigenvalue weighted by atomic mass is 16.5. The van der Waals surface area contributed by atoms with Crippen molar-refractivity contribution in [3.05, 3.63) is 39.5 Å². The Labute approximate surface area is 197 Å². The van der Waals surface area contributed by atoms with Gasteiger partial charge in [0, 0.05) is 29.0 Å². The minimum atomic E-state index is -0.793. The van der Waals surface area contributed by atoms with E-state index in [0.29, 0.717) is 6.42 Å². The SMILES string of the molecule is CCC(C)C(=O)c1c(O)c(Cc2c(O)c(C)c(O)c(C(C)=O)c2O)c(O)c2c1OC(C)(C)C=C2. The maximum absolute atomic E-state index is 13.2. The number of phenols is 5. The third-order valence-electron chi connectivity index (χ3n) is 6.32. The van der Waals surface area contributed by atoms with Gasteiger partial charge in [0.15, 0.2) is 11.6 Å². The molecule has 5 N–H and O–H groups in total. The molecule has 3 rings (SSSR count). The van der Waals surface area contributed by atoms with E-state index in [9.17, 15) is 35.1 Å². The summed E-state index contributed by atoms with van der Waals surface area (Å²) in [6, 6.07) is 0. The molecule has 0 saturated carbocycles. The molecule has 2 aromatic rings. The Balaban J connectivity index is 2.34. The van der Waals surface area contributed by atoms with Gasteiger partial charge in [-0.25, -0.2) is 0 Å². The van der Waals surface area contributed by atoms with Crippen LogP contribution in [0.3, 0.4) is 0 Å². The monoisotopic (exact) mass is 470 g/mol. The molecule has 8 heteroatoms. The van der Waals surface area contributed by atoms with Crippen LogP contribution in [0.5, 0.6) is 34.5 Å². The zero-order valence-electron chi connectivity index (χ0n) is 20.1. The molecule has 0 aliphatic carbocycles. The second-order valence-electron chi connectivity index (χ2n) is 9.26. The number of rotatable bonds is 6. The highest BCUT2D eigenvalue weighted by Crippen LogP contribution is 2.50. The minimum Gasteiger partial charge on any atom is -0.507 e. The molecule has 1 aliphatic rings. The maximum Gasteiger partial charge on any atom is 0.173 e. The molecule has 1 unspecified atom stereocenters. The zero-order valence-corrected chi connectivity index (χ0v) is 20.1. The van der Waals surface area contributed by atoms with Crippen molar-refractivity contribution in [2.75, 3.05) is 0 Å². The second kappa shape index (κ2) is 8.59. The Kier molecular flexibility index (Phi) is 6.30. The van der Waals surface area contributed by atoms with Crippen molar-refractivity contribution in [3.8, 4) is 34.5 Å². The van der Waals surface area contributed by atoms with Crippen molar-refractivity contribution in [3.63, 3.8) is 0 Å². The first-order valence-corrected chi connectivity index (χ1v) is 11.0. The molecule has 0 spiro atoms. The van der Waals surface area contributed by atoms with E-state index in [0.717, 1.165) is 6.92 Å². The topological polar surface area (TPSA) is 145 Å². The minimum absolute atomic E-state index is 0.0455. The molecule has 1 aliphatic heterocycles. The van der Waals surface area contributed by atoms with Crippen LogP contribution >= 0.6 is 0 Å². The molecule has 0 bridgehead atoms. The number of ether oxygens (including phenoxy) is 1. The molecule has 1 heterocycles. The standard InChI is InChI=1S/C26H30O8/c1-7-11(2)19(28)18-24(33)16(22(31)14-8-9-26(5,6)34-25(14)18)10-15-20(29)12(3)21(30)17(13(4)27)23(15)32/h8-9,11,29-33H,7,10H2,1-6H3. The molecule has 0 fully saturated rings. The molecule has 0 amide bonds. The van der Waals surface area contributed by atoms with Gasteiger partial charge in [-0.15, -0.1) is 0 Å². The van der Waals surface area contributed by atoms with Crippen molar-refractivity contribution < 1.29 is 39.9 Å². The first-order valence-electron chi connectivity index (χ1n) is 11.0. The molecule has 2 aromatic carbocycles.